The number of piperazine rings is 1. The maximum Gasteiger partial charge on any atom is 0.227 e. The lowest BCUT2D eigenvalue weighted by molar-refractivity contribution is -0.109. The number of aliphatic hydroxyl groups excluding tert-OH is 1. The molecule has 0 radical (unpaired) electrons. The van der Waals surface area contributed by atoms with E-state index in [1.807, 2.05) is 25.3 Å². The average molecular weight is 465 g/mol. The zero-order valence-corrected chi connectivity index (χ0v) is 20.4. The molecule has 8 heteroatoms. The average Bonchev–Trinajstić information content (AvgIpc) is 2.84. The molecule has 4 N–H and O–H groups in total. The van der Waals surface area contributed by atoms with Crippen LogP contribution in [0, 0.1) is 11.8 Å². The van der Waals surface area contributed by atoms with Crippen molar-refractivity contribution in [3.05, 3.63) is 47.5 Å². The maximum absolute atomic E-state index is 10.9. The van der Waals surface area contributed by atoms with Gasteiger partial charge in [-0.3, -0.25) is 4.90 Å². The Bertz CT molecular complexity index is 1030. The number of carbonyl (C=O) groups is 1. The molecule has 2 aromatic rings. The predicted octanol–water partition coefficient (Wildman–Crippen LogP) is 3.38. The van der Waals surface area contributed by atoms with Crippen molar-refractivity contribution in [2.45, 2.75) is 39.7 Å². The monoisotopic (exact) mass is 464 g/mol. The Morgan fingerprint density at radius 1 is 1.12 bits per heavy atom. The zero-order chi connectivity index (χ0) is 24.2. The van der Waals surface area contributed by atoms with Gasteiger partial charge in [-0.15, -0.1) is 0 Å². The van der Waals surface area contributed by atoms with E-state index >= 15 is 0 Å². The highest BCUT2D eigenvalue weighted by atomic mass is 16.3. The normalized spacial score (nSPS) is 18.6. The van der Waals surface area contributed by atoms with Gasteiger partial charge in [0, 0.05) is 62.3 Å². The van der Waals surface area contributed by atoms with Crippen molar-refractivity contribution in [2.24, 2.45) is 17.6 Å². The number of benzene rings is 1. The van der Waals surface area contributed by atoms with E-state index in [0.717, 1.165) is 67.9 Å². The molecule has 2 unspecified atom stereocenters. The first-order chi connectivity index (χ1) is 16.4. The van der Waals surface area contributed by atoms with Crippen LogP contribution in [0.15, 0.2) is 36.2 Å². The molecule has 1 aromatic heterocycles. The van der Waals surface area contributed by atoms with E-state index in [1.165, 1.54) is 5.69 Å². The molecule has 4 rings (SSSR count). The highest BCUT2D eigenvalue weighted by molar-refractivity contribution is 5.71. The summed E-state index contributed by atoms with van der Waals surface area (Å²) >= 11 is 0. The van der Waals surface area contributed by atoms with Crippen LogP contribution in [0.4, 0.5) is 17.3 Å². The number of hydrogen-bond donors (Lipinski definition) is 3. The Morgan fingerprint density at radius 3 is 2.47 bits per heavy atom. The van der Waals surface area contributed by atoms with Gasteiger partial charge < -0.3 is 25.9 Å². The molecule has 2 heterocycles. The molecule has 1 aliphatic carbocycles. The van der Waals surface area contributed by atoms with Crippen molar-refractivity contribution < 1.29 is 9.90 Å². The number of nitrogens with zero attached hydrogens (tertiary/aromatic N) is 4. The Hall–Kier alpha value is -2.97. The summed E-state index contributed by atoms with van der Waals surface area (Å²) in [4.78, 5) is 24.9. The Balaban J connectivity index is 1.37. The lowest BCUT2D eigenvalue weighted by Crippen LogP contribution is -2.49. The summed E-state index contributed by atoms with van der Waals surface area (Å²) in [5.74, 6) is 1.34. The lowest BCUT2D eigenvalue weighted by atomic mass is 9.88. The van der Waals surface area contributed by atoms with Crippen LogP contribution in [0.25, 0.3) is 5.57 Å². The fourth-order valence-electron chi connectivity index (χ4n) is 4.75. The van der Waals surface area contributed by atoms with Gasteiger partial charge in [0.05, 0.1) is 17.5 Å². The first-order valence-electron chi connectivity index (χ1n) is 12.2. The highest BCUT2D eigenvalue weighted by Crippen LogP contribution is 2.34. The van der Waals surface area contributed by atoms with Crippen molar-refractivity contribution in [2.75, 3.05) is 42.9 Å². The SMILES string of the molecule is CC(C)C1=C(O)CCc2cnc(Nc3ccc(N4CCN(CC(C)C(N)C=O)CC4)cc3)nc21. The molecule has 2 aliphatic rings. The smallest absolute Gasteiger partial charge is 0.227 e. The van der Waals surface area contributed by atoms with Crippen molar-refractivity contribution in [1.29, 1.82) is 0 Å². The van der Waals surface area contributed by atoms with Crippen LogP contribution in [0.2, 0.25) is 0 Å². The quantitative estimate of drug-likeness (QED) is 0.511. The summed E-state index contributed by atoms with van der Waals surface area (Å²) in [6, 6.07) is 7.94. The Kier molecular flexibility index (Phi) is 7.48. The number of aldehydes is 1. The van der Waals surface area contributed by atoms with Crippen LogP contribution in [-0.4, -0.2) is 65.0 Å². The van der Waals surface area contributed by atoms with Gasteiger partial charge in [-0.05, 0) is 48.1 Å². The number of aromatic nitrogens is 2. The summed E-state index contributed by atoms with van der Waals surface area (Å²) in [6.07, 6.45) is 4.13. The van der Waals surface area contributed by atoms with E-state index < -0.39 is 6.04 Å². The van der Waals surface area contributed by atoms with Gasteiger partial charge in [0.1, 0.15) is 6.29 Å². The van der Waals surface area contributed by atoms with Crippen molar-refractivity contribution in [1.82, 2.24) is 14.9 Å². The summed E-state index contributed by atoms with van der Waals surface area (Å²) < 4.78 is 0. The third-order valence-electron chi connectivity index (χ3n) is 6.86. The summed E-state index contributed by atoms with van der Waals surface area (Å²) in [6.45, 7) is 10.8. The maximum atomic E-state index is 10.9. The molecule has 1 aliphatic heterocycles. The second-order valence-corrected chi connectivity index (χ2v) is 9.73. The third kappa shape index (κ3) is 5.39. The zero-order valence-electron chi connectivity index (χ0n) is 20.4. The second-order valence-electron chi connectivity index (χ2n) is 9.73. The number of fused-ring (bicyclic) bond motifs is 1. The summed E-state index contributed by atoms with van der Waals surface area (Å²) in [5, 5.41) is 13.7. The molecule has 34 heavy (non-hydrogen) atoms. The number of rotatable bonds is 8. The number of nitrogens with one attached hydrogen (secondary N) is 1. The van der Waals surface area contributed by atoms with Crippen LogP contribution in [0.3, 0.4) is 0 Å². The molecule has 1 aromatic carbocycles. The number of aryl methyl sites for hydroxylation is 1. The third-order valence-corrected chi connectivity index (χ3v) is 6.86. The van der Waals surface area contributed by atoms with E-state index in [9.17, 15) is 9.90 Å². The number of nitrogens with two attached hydrogens (primary N) is 1. The highest BCUT2D eigenvalue weighted by Gasteiger charge is 2.24. The van der Waals surface area contributed by atoms with Crippen LogP contribution < -0.4 is 16.0 Å². The first kappa shape index (κ1) is 24.2. The predicted molar refractivity (Wildman–Crippen MR) is 136 cm³/mol. The molecule has 0 saturated carbocycles. The van der Waals surface area contributed by atoms with E-state index in [-0.39, 0.29) is 11.8 Å². The molecule has 2 atom stereocenters. The molecular formula is C26H36N6O2. The Morgan fingerprint density at radius 2 is 1.82 bits per heavy atom. The van der Waals surface area contributed by atoms with Gasteiger partial charge >= 0.3 is 0 Å². The van der Waals surface area contributed by atoms with Crippen molar-refractivity contribution >= 4 is 29.2 Å². The number of carbonyl (C=O) groups excluding carboxylic acids is 1. The van der Waals surface area contributed by atoms with Crippen LogP contribution in [0.1, 0.15) is 38.4 Å². The van der Waals surface area contributed by atoms with Gasteiger partial charge in [-0.1, -0.05) is 20.8 Å². The molecule has 0 spiro atoms. The number of hydrogen-bond acceptors (Lipinski definition) is 8. The molecular weight excluding hydrogens is 428 g/mol. The van der Waals surface area contributed by atoms with E-state index in [2.05, 4.69) is 46.1 Å². The van der Waals surface area contributed by atoms with Crippen molar-refractivity contribution in [3.63, 3.8) is 0 Å². The summed E-state index contributed by atoms with van der Waals surface area (Å²) in [7, 11) is 0. The minimum Gasteiger partial charge on any atom is -0.512 e. The van der Waals surface area contributed by atoms with Crippen molar-refractivity contribution in [3.8, 4) is 0 Å². The van der Waals surface area contributed by atoms with Crippen LogP contribution >= 0.6 is 0 Å². The van der Waals surface area contributed by atoms with Gasteiger partial charge in [0.25, 0.3) is 0 Å². The fourth-order valence-corrected chi connectivity index (χ4v) is 4.75. The topological polar surface area (TPSA) is 108 Å². The number of anilines is 3. The molecule has 1 fully saturated rings. The van der Waals surface area contributed by atoms with E-state index in [4.69, 9.17) is 10.7 Å². The summed E-state index contributed by atoms with van der Waals surface area (Å²) in [5.41, 5.74) is 10.8. The van der Waals surface area contributed by atoms with Gasteiger partial charge in [0.2, 0.25) is 5.95 Å². The Labute approximate surface area is 201 Å². The molecule has 8 nitrogen and oxygen atoms in total. The van der Waals surface area contributed by atoms with Gasteiger partial charge in [-0.2, -0.15) is 0 Å². The largest absolute Gasteiger partial charge is 0.512 e. The van der Waals surface area contributed by atoms with Gasteiger partial charge in [-0.25, -0.2) is 9.97 Å². The van der Waals surface area contributed by atoms with Gasteiger partial charge in [0.15, 0.2) is 0 Å². The van der Waals surface area contributed by atoms with Crippen LogP contribution in [0.5, 0.6) is 0 Å². The lowest BCUT2D eigenvalue weighted by Gasteiger charge is -2.37. The minimum atomic E-state index is -0.393. The molecule has 0 bridgehead atoms. The fraction of sp³-hybridized carbons (Fsp3) is 0.500. The molecule has 182 valence electrons. The molecule has 1 saturated heterocycles. The second kappa shape index (κ2) is 10.5. The number of allylic oxidation sites excluding steroid dienone is 2. The van der Waals surface area contributed by atoms with E-state index in [0.29, 0.717) is 18.1 Å². The molecule has 0 amide bonds. The van der Waals surface area contributed by atoms with E-state index in [1.54, 1.807) is 0 Å². The standard InChI is InChI=1S/C26H36N6O2/c1-17(2)24-23(34)9-4-19-14-28-26(30-25(19)24)29-20-5-7-21(8-6-20)32-12-10-31(11-13-32)15-18(3)22(27)16-33/h5-8,14,16-18,22,34H,4,9-13,15,27H2,1-3H3,(H,28,29,30). The number of aliphatic hydroxyl groups is 1. The minimum absolute atomic E-state index is 0.163. The van der Waals surface area contributed by atoms with Crippen LogP contribution in [-0.2, 0) is 11.2 Å². The first-order valence-corrected chi connectivity index (χ1v) is 12.2.